The van der Waals surface area contributed by atoms with E-state index < -0.39 is 0 Å². The van der Waals surface area contributed by atoms with E-state index in [-0.39, 0.29) is 0 Å². The molecular weight excluding hydrogens is 226 g/mol. The molecule has 1 aliphatic rings. The molecule has 3 rings (SSSR count). The summed E-state index contributed by atoms with van der Waals surface area (Å²) in [6.45, 7) is 6.50. The van der Waals surface area contributed by atoms with Gasteiger partial charge in [0.15, 0.2) is 0 Å². The number of aryl methyl sites for hydroxylation is 1. The van der Waals surface area contributed by atoms with Crippen LogP contribution in [0.2, 0.25) is 0 Å². The van der Waals surface area contributed by atoms with E-state index in [9.17, 15) is 0 Å². The standard InChI is InChI=1S/C15H19NS/c1-3-16-9-13-14(11-7-8-11)12-6-4-5-10(2)15(12)17-13/h4-6,11,16H,3,7-9H2,1-2H3. The summed E-state index contributed by atoms with van der Waals surface area (Å²) in [6.07, 6.45) is 2.78. The first kappa shape index (κ1) is 11.2. The number of fused-ring (bicyclic) bond motifs is 1. The Morgan fingerprint density at radius 3 is 2.88 bits per heavy atom. The van der Waals surface area contributed by atoms with Crippen molar-refractivity contribution in [3.05, 3.63) is 34.2 Å². The third kappa shape index (κ3) is 2.00. The Morgan fingerprint density at radius 1 is 1.35 bits per heavy atom. The van der Waals surface area contributed by atoms with Gasteiger partial charge in [-0.15, -0.1) is 11.3 Å². The third-order valence-electron chi connectivity index (χ3n) is 3.55. The molecule has 0 amide bonds. The highest BCUT2D eigenvalue weighted by atomic mass is 32.1. The van der Waals surface area contributed by atoms with Crippen LogP contribution in [0.3, 0.4) is 0 Å². The van der Waals surface area contributed by atoms with Gasteiger partial charge in [0.1, 0.15) is 0 Å². The Labute approximate surface area is 107 Å². The first-order chi connectivity index (χ1) is 8.31. The molecule has 0 bridgehead atoms. The number of benzene rings is 1. The van der Waals surface area contributed by atoms with Crippen molar-refractivity contribution < 1.29 is 0 Å². The molecule has 0 atom stereocenters. The molecule has 1 N–H and O–H groups in total. The number of hydrogen-bond donors (Lipinski definition) is 1. The summed E-state index contributed by atoms with van der Waals surface area (Å²) in [5, 5.41) is 5.00. The van der Waals surface area contributed by atoms with Crippen LogP contribution in [-0.4, -0.2) is 6.54 Å². The van der Waals surface area contributed by atoms with Crippen molar-refractivity contribution in [2.45, 2.75) is 39.2 Å². The summed E-state index contributed by atoms with van der Waals surface area (Å²) < 4.78 is 1.50. The van der Waals surface area contributed by atoms with E-state index in [1.165, 1.54) is 28.5 Å². The summed E-state index contributed by atoms with van der Waals surface area (Å²) in [4.78, 5) is 1.57. The number of thiophene rings is 1. The second-order valence-electron chi connectivity index (χ2n) is 4.95. The Balaban J connectivity index is 2.12. The van der Waals surface area contributed by atoms with Gasteiger partial charge in [0, 0.05) is 16.1 Å². The predicted molar refractivity (Wildman–Crippen MR) is 75.9 cm³/mol. The third-order valence-corrected chi connectivity index (χ3v) is 4.91. The topological polar surface area (TPSA) is 12.0 Å². The van der Waals surface area contributed by atoms with Gasteiger partial charge in [-0.3, -0.25) is 0 Å². The molecule has 2 heteroatoms. The van der Waals surface area contributed by atoms with Gasteiger partial charge >= 0.3 is 0 Å². The van der Waals surface area contributed by atoms with Crippen LogP contribution in [0.25, 0.3) is 10.1 Å². The minimum atomic E-state index is 0.846. The van der Waals surface area contributed by atoms with E-state index >= 15 is 0 Å². The largest absolute Gasteiger partial charge is 0.312 e. The average Bonchev–Trinajstić information content (AvgIpc) is 3.09. The van der Waals surface area contributed by atoms with Gasteiger partial charge < -0.3 is 5.32 Å². The molecule has 0 saturated heterocycles. The first-order valence-corrected chi connectivity index (χ1v) is 7.34. The number of rotatable bonds is 4. The van der Waals surface area contributed by atoms with Crippen LogP contribution in [0.4, 0.5) is 0 Å². The van der Waals surface area contributed by atoms with Gasteiger partial charge in [-0.2, -0.15) is 0 Å². The molecule has 0 aliphatic heterocycles. The number of nitrogens with one attached hydrogen (secondary N) is 1. The molecule has 0 spiro atoms. The van der Waals surface area contributed by atoms with Gasteiger partial charge in [0.25, 0.3) is 0 Å². The van der Waals surface area contributed by atoms with Crippen molar-refractivity contribution in [2.24, 2.45) is 0 Å². The second kappa shape index (κ2) is 4.43. The summed E-state index contributed by atoms with van der Waals surface area (Å²) in [7, 11) is 0. The molecule has 2 aromatic rings. The van der Waals surface area contributed by atoms with Crippen molar-refractivity contribution in [1.82, 2.24) is 5.32 Å². The minimum Gasteiger partial charge on any atom is -0.312 e. The lowest BCUT2D eigenvalue weighted by atomic mass is 10.0. The van der Waals surface area contributed by atoms with E-state index in [0.717, 1.165) is 19.0 Å². The molecule has 17 heavy (non-hydrogen) atoms. The van der Waals surface area contributed by atoms with Crippen molar-refractivity contribution in [2.75, 3.05) is 6.54 Å². The summed E-state index contributed by atoms with van der Waals surface area (Å²) in [5.74, 6) is 0.846. The first-order valence-electron chi connectivity index (χ1n) is 6.53. The molecule has 1 saturated carbocycles. The quantitative estimate of drug-likeness (QED) is 0.851. The van der Waals surface area contributed by atoms with E-state index in [1.807, 2.05) is 11.3 Å². The zero-order valence-corrected chi connectivity index (χ0v) is 11.4. The highest BCUT2D eigenvalue weighted by Crippen LogP contribution is 2.48. The van der Waals surface area contributed by atoms with Gasteiger partial charge in [0.2, 0.25) is 0 Å². The minimum absolute atomic E-state index is 0.846. The molecule has 1 aromatic carbocycles. The molecule has 90 valence electrons. The molecule has 0 unspecified atom stereocenters. The molecule has 1 nitrogen and oxygen atoms in total. The lowest BCUT2D eigenvalue weighted by Gasteiger charge is -2.03. The zero-order chi connectivity index (χ0) is 11.8. The normalized spacial score (nSPS) is 15.6. The second-order valence-corrected chi connectivity index (χ2v) is 6.05. The molecule has 0 radical (unpaired) electrons. The molecular formula is C15H19NS. The van der Waals surface area contributed by atoms with Crippen molar-refractivity contribution in [1.29, 1.82) is 0 Å². The lowest BCUT2D eigenvalue weighted by molar-refractivity contribution is 0.730. The lowest BCUT2D eigenvalue weighted by Crippen LogP contribution is -2.11. The molecule has 1 fully saturated rings. The van der Waals surface area contributed by atoms with Crippen LogP contribution >= 0.6 is 11.3 Å². The fourth-order valence-corrected chi connectivity index (χ4v) is 3.84. The van der Waals surface area contributed by atoms with E-state index in [1.54, 1.807) is 10.4 Å². The van der Waals surface area contributed by atoms with Crippen LogP contribution in [0, 0.1) is 6.92 Å². The van der Waals surface area contributed by atoms with E-state index in [2.05, 4.69) is 37.4 Å². The molecule has 1 aliphatic carbocycles. The maximum atomic E-state index is 3.48. The van der Waals surface area contributed by atoms with Crippen LogP contribution in [0.5, 0.6) is 0 Å². The van der Waals surface area contributed by atoms with Crippen molar-refractivity contribution >= 4 is 21.4 Å². The zero-order valence-electron chi connectivity index (χ0n) is 10.5. The average molecular weight is 245 g/mol. The van der Waals surface area contributed by atoms with Gasteiger partial charge in [-0.25, -0.2) is 0 Å². The maximum Gasteiger partial charge on any atom is 0.0378 e. The molecule has 1 aromatic heterocycles. The van der Waals surface area contributed by atoms with Crippen molar-refractivity contribution in [3.8, 4) is 0 Å². The Morgan fingerprint density at radius 2 is 2.18 bits per heavy atom. The van der Waals surface area contributed by atoms with Crippen LogP contribution < -0.4 is 5.32 Å². The highest BCUT2D eigenvalue weighted by Gasteiger charge is 2.29. The Bertz CT molecular complexity index is 537. The van der Waals surface area contributed by atoms with Gasteiger partial charge in [-0.05, 0) is 48.7 Å². The van der Waals surface area contributed by atoms with Gasteiger partial charge in [-0.1, -0.05) is 25.1 Å². The van der Waals surface area contributed by atoms with Crippen LogP contribution in [-0.2, 0) is 6.54 Å². The molecule has 1 heterocycles. The van der Waals surface area contributed by atoms with Crippen LogP contribution in [0.1, 0.15) is 41.7 Å². The smallest absolute Gasteiger partial charge is 0.0378 e. The highest BCUT2D eigenvalue weighted by molar-refractivity contribution is 7.19. The maximum absolute atomic E-state index is 3.48. The van der Waals surface area contributed by atoms with E-state index in [0.29, 0.717) is 0 Å². The SMILES string of the molecule is CCNCc1sc2c(C)cccc2c1C1CC1. The summed E-state index contributed by atoms with van der Waals surface area (Å²) in [6, 6.07) is 6.74. The monoisotopic (exact) mass is 245 g/mol. The Kier molecular flexibility index (Phi) is 2.93. The predicted octanol–water partition coefficient (Wildman–Crippen LogP) is 4.20. The van der Waals surface area contributed by atoms with Gasteiger partial charge in [0.05, 0.1) is 0 Å². The Hall–Kier alpha value is -0.860. The number of hydrogen-bond acceptors (Lipinski definition) is 2. The van der Waals surface area contributed by atoms with E-state index in [4.69, 9.17) is 0 Å². The fraction of sp³-hybridized carbons (Fsp3) is 0.467. The summed E-state index contributed by atoms with van der Waals surface area (Å²) >= 11 is 2.00. The summed E-state index contributed by atoms with van der Waals surface area (Å²) in [5.41, 5.74) is 3.08. The van der Waals surface area contributed by atoms with Crippen molar-refractivity contribution in [3.63, 3.8) is 0 Å². The van der Waals surface area contributed by atoms with Crippen LogP contribution in [0.15, 0.2) is 18.2 Å². The fourth-order valence-electron chi connectivity index (χ4n) is 2.52.